The first-order chi connectivity index (χ1) is 30.8. The van der Waals surface area contributed by atoms with Crippen LogP contribution >= 0.6 is 11.3 Å². The Morgan fingerprint density at radius 3 is 1.52 bits per heavy atom. The Labute approximate surface area is 363 Å². The van der Waals surface area contributed by atoms with Crippen LogP contribution in [-0.2, 0) is 5.41 Å². The van der Waals surface area contributed by atoms with Crippen molar-refractivity contribution in [2.75, 3.05) is 0 Å². The van der Waals surface area contributed by atoms with Crippen LogP contribution in [-0.4, -0.2) is 15.0 Å². The van der Waals surface area contributed by atoms with Gasteiger partial charge in [0.1, 0.15) is 0 Å². The highest BCUT2D eigenvalue weighted by molar-refractivity contribution is 7.26. The number of nitrogens with zero attached hydrogens (tertiary/aromatic N) is 3. The molecular formula is C58H35N3S. The summed E-state index contributed by atoms with van der Waals surface area (Å²) in [5.74, 6) is 1.92. The molecule has 2 aromatic heterocycles. The number of hydrogen-bond donors (Lipinski definition) is 0. The number of benzene rings is 9. The maximum atomic E-state index is 5.52. The molecule has 0 saturated heterocycles. The second-order valence-electron chi connectivity index (χ2n) is 16.2. The summed E-state index contributed by atoms with van der Waals surface area (Å²) in [6.45, 7) is 0. The van der Waals surface area contributed by atoms with Crippen LogP contribution in [0.1, 0.15) is 22.3 Å². The van der Waals surface area contributed by atoms with Gasteiger partial charge in [-0.15, -0.1) is 11.3 Å². The first kappa shape index (κ1) is 35.0. The van der Waals surface area contributed by atoms with E-state index in [0.717, 1.165) is 33.4 Å². The largest absolute Gasteiger partial charge is 0.208 e. The topological polar surface area (TPSA) is 38.7 Å². The van der Waals surface area contributed by atoms with Crippen molar-refractivity contribution < 1.29 is 0 Å². The van der Waals surface area contributed by atoms with Gasteiger partial charge in [-0.05, 0) is 78.9 Å². The molecule has 0 atom stereocenters. The Morgan fingerprint density at radius 2 is 0.774 bits per heavy atom. The fourth-order valence-electron chi connectivity index (χ4n) is 10.4. The maximum Gasteiger partial charge on any atom is 0.164 e. The SMILES string of the molecule is c1ccc(-c2ccccc2-c2nc(-c3cccc(-c4cccc5c4sc4ccccc45)c3)nc(-c3cccc4c3C3(c5ccccc5-c5ccccc53)c3ccccc3-4)n2)cc1. The van der Waals surface area contributed by atoms with Crippen molar-refractivity contribution in [2.24, 2.45) is 0 Å². The molecule has 1 spiro atoms. The van der Waals surface area contributed by atoms with E-state index in [1.54, 1.807) is 0 Å². The molecule has 2 heterocycles. The highest BCUT2D eigenvalue weighted by atomic mass is 32.1. The van der Waals surface area contributed by atoms with Crippen LogP contribution < -0.4 is 0 Å². The lowest BCUT2D eigenvalue weighted by molar-refractivity contribution is 0.794. The minimum Gasteiger partial charge on any atom is -0.208 e. The van der Waals surface area contributed by atoms with Gasteiger partial charge in [-0.25, -0.2) is 15.0 Å². The van der Waals surface area contributed by atoms with E-state index in [1.807, 2.05) is 11.3 Å². The van der Waals surface area contributed by atoms with Crippen LogP contribution in [0.5, 0.6) is 0 Å². The summed E-state index contributed by atoms with van der Waals surface area (Å²) in [5, 5.41) is 2.57. The van der Waals surface area contributed by atoms with Gasteiger partial charge in [-0.1, -0.05) is 200 Å². The van der Waals surface area contributed by atoms with Gasteiger partial charge in [0.25, 0.3) is 0 Å². The van der Waals surface area contributed by atoms with Crippen LogP contribution in [0.3, 0.4) is 0 Å². The third-order valence-corrected chi connectivity index (χ3v) is 14.2. The Balaban J connectivity index is 1.08. The summed E-state index contributed by atoms with van der Waals surface area (Å²) in [7, 11) is 0. The molecule has 3 nitrogen and oxygen atoms in total. The summed E-state index contributed by atoms with van der Waals surface area (Å²) < 4.78 is 2.57. The Kier molecular flexibility index (Phi) is 7.69. The smallest absolute Gasteiger partial charge is 0.164 e. The molecule has 0 unspecified atom stereocenters. The van der Waals surface area contributed by atoms with Crippen LogP contribution in [0.4, 0.5) is 0 Å². The Bertz CT molecular complexity index is 3540. The second kappa shape index (κ2) is 13.6. The van der Waals surface area contributed by atoms with Gasteiger partial charge in [-0.2, -0.15) is 0 Å². The van der Waals surface area contributed by atoms with Gasteiger partial charge in [0.2, 0.25) is 0 Å². The van der Waals surface area contributed by atoms with E-state index in [1.165, 1.54) is 70.2 Å². The summed E-state index contributed by atoms with van der Waals surface area (Å²) in [4.78, 5) is 16.4. The standard InChI is InChI=1S/C58H35N3S/c1-2-17-36(18-3-1)39-21-4-5-26-47(39)56-59-55(38-20-14-19-37(35-38)40-27-15-29-46-44-25-9-13-34-52(44)62-54(40)46)60-57(61-56)48-30-16-28-45-43-24-8-12-33-51(43)58(53(45)48)49-31-10-6-22-41(49)42-23-7-11-32-50(42)58/h1-35H. The molecule has 11 aromatic rings. The third kappa shape index (κ3) is 5.02. The molecular weight excluding hydrogens is 771 g/mol. The minimum absolute atomic E-state index is 0.562. The van der Waals surface area contributed by atoms with Crippen LogP contribution in [0.25, 0.3) is 98.8 Å². The Morgan fingerprint density at radius 1 is 0.306 bits per heavy atom. The van der Waals surface area contributed by atoms with Gasteiger partial charge in [0.15, 0.2) is 17.5 Å². The fraction of sp³-hybridized carbons (Fsp3) is 0.0172. The van der Waals surface area contributed by atoms with Crippen molar-refractivity contribution in [2.45, 2.75) is 5.41 Å². The zero-order valence-electron chi connectivity index (χ0n) is 33.5. The molecule has 0 N–H and O–H groups in total. The van der Waals surface area contributed by atoms with E-state index >= 15 is 0 Å². The third-order valence-electron chi connectivity index (χ3n) is 13.0. The molecule has 4 heteroatoms. The number of thiophene rings is 1. The highest BCUT2D eigenvalue weighted by Gasteiger charge is 2.52. The molecule has 0 bridgehead atoms. The minimum atomic E-state index is -0.562. The van der Waals surface area contributed by atoms with Gasteiger partial charge in [-0.3, -0.25) is 0 Å². The van der Waals surface area contributed by atoms with Gasteiger partial charge in [0.05, 0.1) is 5.41 Å². The average molecular weight is 806 g/mol. The van der Waals surface area contributed by atoms with Gasteiger partial charge in [0, 0.05) is 36.9 Å². The zero-order valence-corrected chi connectivity index (χ0v) is 34.3. The summed E-state index contributed by atoms with van der Waals surface area (Å²) in [6.07, 6.45) is 0. The monoisotopic (exact) mass is 805 g/mol. The molecule has 0 aliphatic heterocycles. The van der Waals surface area contributed by atoms with Crippen molar-refractivity contribution in [1.82, 2.24) is 15.0 Å². The Hall–Kier alpha value is -7.79. The number of aromatic nitrogens is 3. The van der Waals surface area contributed by atoms with Gasteiger partial charge >= 0.3 is 0 Å². The lowest BCUT2D eigenvalue weighted by Crippen LogP contribution is -2.26. The van der Waals surface area contributed by atoms with E-state index in [-0.39, 0.29) is 0 Å². The second-order valence-corrected chi connectivity index (χ2v) is 17.2. The van der Waals surface area contributed by atoms with Gasteiger partial charge < -0.3 is 0 Å². The molecule has 0 fully saturated rings. The lowest BCUT2D eigenvalue weighted by atomic mass is 9.69. The predicted molar refractivity (Wildman–Crippen MR) is 256 cm³/mol. The number of fused-ring (bicyclic) bond motifs is 13. The van der Waals surface area contributed by atoms with Crippen molar-refractivity contribution in [3.63, 3.8) is 0 Å². The fourth-order valence-corrected chi connectivity index (χ4v) is 11.7. The molecule has 0 amide bonds. The molecule has 288 valence electrons. The molecule has 2 aliphatic rings. The summed E-state index contributed by atoms with van der Waals surface area (Å²) in [6, 6.07) is 76.5. The molecule has 2 aliphatic carbocycles. The van der Waals surface area contributed by atoms with Crippen molar-refractivity contribution in [3.05, 3.63) is 235 Å². The van der Waals surface area contributed by atoms with Crippen LogP contribution in [0.2, 0.25) is 0 Å². The molecule has 9 aromatic carbocycles. The molecule has 62 heavy (non-hydrogen) atoms. The first-order valence-corrected chi connectivity index (χ1v) is 21.9. The van der Waals surface area contributed by atoms with Crippen LogP contribution in [0, 0.1) is 0 Å². The summed E-state index contributed by atoms with van der Waals surface area (Å²) in [5.41, 5.74) is 16.9. The van der Waals surface area contributed by atoms with Crippen LogP contribution in [0.15, 0.2) is 212 Å². The maximum absolute atomic E-state index is 5.52. The predicted octanol–water partition coefficient (Wildman–Crippen LogP) is 14.9. The lowest BCUT2D eigenvalue weighted by Gasteiger charge is -2.31. The average Bonchev–Trinajstić information content (AvgIpc) is 3.99. The normalized spacial score (nSPS) is 13.0. The molecule has 13 rings (SSSR count). The summed E-state index contributed by atoms with van der Waals surface area (Å²) >= 11 is 1.85. The van der Waals surface area contributed by atoms with Crippen molar-refractivity contribution in [1.29, 1.82) is 0 Å². The van der Waals surface area contributed by atoms with Crippen molar-refractivity contribution >= 4 is 31.5 Å². The number of hydrogen-bond acceptors (Lipinski definition) is 4. The molecule has 0 saturated carbocycles. The van der Waals surface area contributed by atoms with E-state index in [4.69, 9.17) is 15.0 Å². The number of rotatable bonds is 5. The van der Waals surface area contributed by atoms with E-state index < -0.39 is 5.41 Å². The highest BCUT2D eigenvalue weighted by Crippen LogP contribution is 2.64. The molecule has 0 radical (unpaired) electrons. The quantitative estimate of drug-likeness (QED) is 0.174. The van der Waals surface area contributed by atoms with Crippen molar-refractivity contribution in [3.8, 4) is 78.7 Å². The zero-order chi connectivity index (χ0) is 40.8. The van der Waals surface area contributed by atoms with E-state index in [9.17, 15) is 0 Å². The van der Waals surface area contributed by atoms with E-state index in [0.29, 0.717) is 17.5 Å². The van der Waals surface area contributed by atoms with E-state index in [2.05, 4.69) is 212 Å². The first-order valence-electron chi connectivity index (χ1n) is 21.1.